The molecule has 0 amide bonds. The minimum Gasteiger partial charge on any atom is -0.481 e. The highest BCUT2D eigenvalue weighted by atomic mass is 16.6. The summed E-state index contributed by atoms with van der Waals surface area (Å²) in [6.45, 7) is 20.7. The third-order valence-corrected chi connectivity index (χ3v) is 13.8. The second-order valence-corrected chi connectivity index (χ2v) is 16.0. The fraction of sp³-hybridized carbons (Fsp3) is 0.909. The van der Waals surface area contributed by atoms with Crippen LogP contribution in [0.5, 0.6) is 0 Å². The number of hydrogen-bond donors (Lipinski definition) is 2. The van der Waals surface area contributed by atoms with Crippen LogP contribution in [0.3, 0.4) is 0 Å². The minimum absolute atomic E-state index is 0.00241. The van der Waals surface area contributed by atoms with Crippen molar-refractivity contribution < 1.29 is 19.7 Å². The maximum atomic E-state index is 12.9. The van der Waals surface area contributed by atoms with E-state index < -0.39 is 17.2 Å². The lowest BCUT2D eigenvalue weighted by Gasteiger charge is -2.71. The summed E-state index contributed by atoms with van der Waals surface area (Å²) in [7, 11) is 0. The van der Waals surface area contributed by atoms with Gasteiger partial charge in [-0.05, 0) is 123 Å². The smallest absolute Gasteiger partial charge is 0.310 e. The van der Waals surface area contributed by atoms with Crippen LogP contribution in [0.1, 0.15) is 120 Å². The number of carboxylic acid groups (broad SMARTS) is 1. The zero-order valence-electron chi connectivity index (χ0n) is 25.1. The SMILES string of the molecule is C[C@H]1[C@H](C)CC[C@]2(C(=O)O)CC[C@]3(C)C(=CCC4[C@@]5(C)CCC(OC(C)(C)O)C(C)(C)C5CC[C@]43C)[C@H]12. The number of hydrogen-bond acceptors (Lipinski definition) is 3. The van der Waals surface area contributed by atoms with Crippen molar-refractivity contribution in [1.29, 1.82) is 0 Å². The molecule has 5 rings (SSSR count). The zero-order valence-corrected chi connectivity index (χ0v) is 25.1. The van der Waals surface area contributed by atoms with Gasteiger partial charge >= 0.3 is 5.97 Å². The molecular formula is C33H54O4. The van der Waals surface area contributed by atoms with Gasteiger partial charge in [0.2, 0.25) is 0 Å². The van der Waals surface area contributed by atoms with E-state index in [0.29, 0.717) is 23.7 Å². The average molecular weight is 515 g/mol. The largest absolute Gasteiger partial charge is 0.481 e. The van der Waals surface area contributed by atoms with E-state index in [0.717, 1.165) is 44.9 Å². The molecule has 4 fully saturated rings. The van der Waals surface area contributed by atoms with Crippen LogP contribution in [-0.4, -0.2) is 28.1 Å². The van der Waals surface area contributed by atoms with Crippen molar-refractivity contribution in [2.24, 2.45) is 56.7 Å². The van der Waals surface area contributed by atoms with Crippen LogP contribution in [0.2, 0.25) is 0 Å². The number of carboxylic acids is 1. The van der Waals surface area contributed by atoms with E-state index in [2.05, 4.69) is 54.5 Å². The molecule has 0 aliphatic heterocycles. The molecule has 0 aromatic rings. The van der Waals surface area contributed by atoms with Gasteiger partial charge in [0, 0.05) is 0 Å². The quantitative estimate of drug-likeness (QED) is 0.297. The first-order valence-corrected chi connectivity index (χ1v) is 15.3. The van der Waals surface area contributed by atoms with Crippen LogP contribution in [0.4, 0.5) is 0 Å². The predicted molar refractivity (Wildman–Crippen MR) is 148 cm³/mol. The summed E-state index contributed by atoms with van der Waals surface area (Å²) >= 11 is 0. The Morgan fingerprint density at radius 3 is 2.24 bits per heavy atom. The number of aliphatic carboxylic acids is 1. The van der Waals surface area contributed by atoms with Crippen molar-refractivity contribution in [3.8, 4) is 0 Å². The Hall–Kier alpha value is -0.870. The Labute approximate surface area is 226 Å². The summed E-state index contributed by atoms with van der Waals surface area (Å²) in [4.78, 5) is 12.9. The fourth-order valence-corrected chi connectivity index (χ4v) is 11.4. The van der Waals surface area contributed by atoms with E-state index in [1.807, 2.05) is 0 Å². The van der Waals surface area contributed by atoms with Gasteiger partial charge in [-0.15, -0.1) is 0 Å². The Balaban J connectivity index is 1.55. The Bertz CT molecular complexity index is 975. The summed E-state index contributed by atoms with van der Waals surface area (Å²) in [6, 6.07) is 0. The van der Waals surface area contributed by atoms with Gasteiger partial charge in [0.05, 0.1) is 11.5 Å². The van der Waals surface area contributed by atoms with Crippen LogP contribution >= 0.6 is 0 Å². The molecule has 3 unspecified atom stereocenters. The van der Waals surface area contributed by atoms with Gasteiger partial charge in [-0.1, -0.05) is 60.1 Å². The van der Waals surface area contributed by atoms with Crippen LogP contribution in [0, 0.1) is 56.7 Å². The van der Waals surface area contributed by atoms with Gasteiger partial charge in [-0.2, -0.15) is 0 Å². The minimum atomic E-state index is -1.11. The second kappa shape index (κ2) is 8.32. The highest BCUT2D eigenvalue weighted by Gasteiger charge is 2.69. The maximum Gasteiger partial charge on any atom is 0.310 e. The van der Waals surface area contributed by atoms with Crippen molar-refractivity contribution in [2.45, 2.75) is 132 Å². The first kappa shape index (κ1) is 27.7. The van der Waals surface area contributed by atoms with Crippen molar-refractivity contribution in [2.75, 3.05) is 0 Å². The monoisotopic (exact) mass is 514 g/mol. The van der Waals surface area contributed by atoms with Gasteiger partial charge in [-0.25, -0.2) is 0 Å². The second-order valence-electron chi connectivity index (χ2n) is 16.0. The van der Waals surface area contributed by atoms with Crippen molar-refractivity contribution >= 4 is 5.97 Å². The van der Waals surface area contributed by atoms with E-state index in [4.69, 9.17) is 4.74 Å². The Kier molecular flexibility index (Phi) is 6.23. The molecule has 4 nitrogen and oxygen atoms in total. The number of carbonyl (C=O) groups is 1. The Morgan fingerprint density at radius 2 is 1.62 bits per heavy atom. The first-order chi connectivity index (χ1) is 16.9. The van der Waals surface area contributed by atoms with Gasteiger partial charge in [0.1, 0.15) is 0 Å². The molecule has 0 saturated heterocycles. The number of allylic oxidation sites excluding steroid dienone is 2. The van der Waals surface area contributed by atoms with Gasteiger partial charge < -0.3 is 14.9 Å². The molecule has 4 saturated carbocycles. The number of fused-ring (bicyclic) bond motifs is 7. The lowest BCUT2D eigenvalue weighted by Crippen LogP contribution is -2.65. The fourth-order valence-electron chi connectivity index (χ4n) is 11.4. The molecule has 0 heterocycles. The molecule has 0 aromatic heterocycles. The number of rotatable bonds is 3. The van der Waals surface area contributed by atoms with Crippen LogP contribution in [0.25, 0.3) is 0 Å². The lowest BCUT2D eigenvalue weighted by atomic mass is 9.33. The van der Waals surface area contributed by atoms with E-state index in [9.17, 15) is 15.0 Å². The molecule has 10 atom stereocenters. The topological polar surface area (TPSA) is 66.8 Å². The third kappa shape index (κ3) is 3.63. The van der Waals surface area contributed by atoms with E-state index in [1.54, 1.807) is 13.8 Å². The zero-order chi connectivity index (χ0) is 27.4. The molecule has 4 heteroatoms. The summed E-state index contributed by atoms with van der Waals surface area (Å²) in [5.74, 6) is 0.637. The third-order valence-electron chi connectivity index (χ3n) is 13.8. The lowest BCUT2D eigenvalue weighted by molar-refractivity contribution is -0.271. The molecular weight excluding hydrogens is 460 g/mol. The van der Waals surface area contributed by atoms with Crippen molar-refractivity contribution in [1.82, 2.24) is 0 Å². The Morgan fingerprint density at radius 1 is 0.946 bits per heavy atom. The molecule has 5 aliphatic rings. The van der Waals surface area contributed by atoms with Gasteiger partial charge in [0.25, 0.3) is 0 Å². The number of aliphatic hydroxyl groups is 1. The first-order valence-electron chi connectivity index (χ1n) is 15.3. The molecule has 37 heavy (non-hydrogen) atoms. The summed E-state index contributed by atoms with van der Waals surface area (Å²) in [6.07, 6.45) is 11.9. The van der Waals surface area contributed by atoms with E-state index >= 15 is 0 Å². The normalized spacial score (nSPS) is 51.1. The van der Waals surface area contributed by atoms with E-state index in [-0.39, 0.29) is 33.7 Å². The average Bonchev–Trinajstić information content (AvgIpc) is 2.78. The highest BCUT2D eigenvalue weighted by Crippen LogP contribution is 2.75. The van der Waals surface area contributed by atoms with Crippen molar-refractivity contribution in [3.05, 3.63) is 11.6 Å². The van der Waals surface area contributed by atoms with Crippen LogP contribution in [-0.2, 0) is 9.53 Å². The molecule has 0 radical (unpaired) electrons. The van der Waals surface area contributed by atoms with Crippen molar-refractivity contribution in [3.63, 3.8) is 0 Å². The summed E-state index contributed by atoms with van der Waals surface area (Å²) < 4.78 is 6.26. The van der Waals surface area contributed by atoms with E-state index in [1.165, 1.54) is 18.4 Å². The molecule has 2 N–H and O–H groups in total. The number of ether oxygens (including phenoxy) is 1. The summed E-state index contributed by atoms with van der Waals surface area (Å²) in [5, 5.41) is 21.1. The molecule has 0 bridgehead atoms. The van der Waals surface area contributed by atoms with Gasteiger partial charge in [0.15, 0.2) is 5.79 Å². The van der Waals surface area contributed by atoms with Crippen LogP contribution in [0.15, 0.2) is 11.6 Å². The summed E-state index contributed by atoms with van der Waals surface area (Å²) in [5.41, 5.74) is 1.39. The molecule has 210 valence electrons. The molecule has 0 spiro atoms. The van der Waals surface area contributed by atoms with Crippen LogP contribution < -0.4 is 0 Å². The highest BCUT2D eigenvalue weighted by molar-refractivity contribution is 5.76. The van der Waals surface area contributed by atoms with Gasteiger partial charge in [-0.3, -0.25) is 4.79 Å². The standard InChI is InChI=1S/C33H54O4/c1-20-12-17-33(27(34)35)19-18-31(8)22(26(33)21(20)2)10-11-24-30(7)15-14-25(37-29(5,6)36)28(3,4)23(30)13-16-32(24,31)9/h10,20-21,23-26,36H,11-19H2,1-9H3,(H,34,35)/t20-,21+,23?,24?,25?,26+,30+,31-,32-,33+/m1/s1. The molecule has 0 aromatic carbocycles. The molecule has 5 aliphatic carbocycles. The maximum absolute atomic E-state index is 12.9. The predicted octanol–water partition coefficient (Wildman–Crippen LogP) is 7.84.